The van der Waals surface area contributed by atoms with E-state index < -0.39 is 18.2 Å². The largest absolute Gasteiger partial charge is 0.432 e. The van der Waals surface area contributed by atoms with Crippen LogP contribution in [0, 0.1) is 5.82 Å². The Morgan fingerprint density at radius 3 is 2.84 bits per heavy atom. The molecule has 0 spiro atoms. The zero-order chi connectivity index (χ0) is 13.7. The summed E-state index contributed by atoms with van der Waals surface area (Å²) in [5.74, 6) is -1.22. The zero-order valence-electron chi connectivity index (χ0n) is 10.5. The second kappa shape index (κ2) is 6.65. The number of hydrogen-bond donors (Lipinski definition) is 2. The number of nitrogens with one attached hydrogen (secondary N) is 2. The molecular formula is C13H17F3N2O. The Balaban J connectivity index is 1.88. The number of alkyl halides is 2. The van der Waals surface area contributed by atoms with Crippen molar-refractivity contribution in [3.63, 3.8) is 0 Å². The molecule has 2 N–H and O–H groups in total. The van der Waals surface area contributed by atoms with Gasteiger partial charge < -0.3 is 15.4 Å². The third-order valence-electron chi connectivity index (χ3n) is 3.11. The maximum absolute atomic E-state index is 13.5. The number of anilines is 1. The smallest absolute Gasteiger partial charge is 0.387 e. The summed E-state index contributed by atoms with van der Waals surface area (Å²) in [7, 11) is 0. The molecule has 3 nitrogen and oxygen atoms in total. The van der Waals surface area contributed by atoms with Crippen LogP contribution in [0.1, 0.15) is 19.3 Å². The third-order valence-corrected chi connectivity index (χ3v) is 3.11. The minimum atomic E-state index is -3.01. The first-order valence-electron chi connectivity index (χ1n) is 6.37. The molecule has 1 fully saturated rings. The van der Waals surface area contributed by atoms with E-state index in [1.807, 2.05) is 0 Å². The van der Waals surface area contributed by atoms with Crippen molar-refractivity contribution in [3.05, 3.63) is 24.0 Å². The van der Waals surface area contributed by atoms with Gasteiger partial charge in [0, 0.05) is 24.3 Å². The van der Waals surface area contributed by atoms with Gasteiger partial charge in [-0.05, 0) is 31.5 Å². The summed E-state index contributed by atoms with van der Waals surface area (Å²) in [5.41, 5.74) is 0.562. The van der Waals surface area contributed by atoms with Crippen molar-refractivity contribution in [1.29, 1.82) is 0 Å². The van der Waals surface area contributed by atoms with E-state index >= 15 is 0 Å². The molecule has 1 aromatic carbocycles. The van der Waals surface area contributed by atoms with Crippen molar-refractivity contribution < 1.29 is 17.9 Å². The topological polar surface area (TPSA) is 33.3 Å². The van der Waals surface area contributed by atoms with Crippen LogP contribution in [0.4, 0.5) is 18.9 Å². The van der Waals surface area contributed by atoms with Crippen LogP contribution < -0.4 is 15.4 Å². The van der Waals surface area contributed by atoms with Gasteiger partial charge in [-0.3, -0.25) is 0 Å². The van der Waals surface area contributed by atoms with E-state index in [0.29, 0.717) is 18.3 Å². The molecule has 2 rings (SSSR count). The van der Waals surface area contributed by atoms with Gasteiger partial charge in [0.1, 0.15) is 0 Å². The van der Waals surface area contributed by atoms with Crippen LogP contribution in [-0.4, -0.2) is 25.7 Å². The molecule has 1 aromatic rings. The molecule has 19 heavy (non-hydrogen) atoms. The molecule has 1 atom stereocenters. The van der Waals surface area contributed by atoms with Crippen molar-refractivity contribution in [2.24, 2.45) is 0 Å². The summed E-state index contributed by atoms with van der Waals surface area (Å²) in [6, 6.07) is 4.27. The van der Waals surface area contributed by atoms with Crippen LogP contribution in [-0.2, 0) is 0 Å². The molecule has 106 valence electrons. The summed E-state index contributed by atoms with van der Waals surface area (Å²) in [6.45, 7) is -1.32. The molecule has 0 aliphatic carbocycles. The molecule has 6 heteroatoms. The van der Waals surface area contributed by atoms with E-state index in [4.69, 9.17) is 0 Å². The Labute approximate surface area is 110 Å². The maximum atomic E-state index is 13.5. The van der Waals surface area contributed by atoms with E-state index in [2.05, 4.69) is 15.4 Å². The number of halogens is 3. The molecular weight excluding hydrogens is 257 g/mol. The van der Waals surface area contributed by atoms with Gasteiger partial charge in [-0.1, -0.05) is 6.42 Å². The zero-order valence-corrected chi connectivity index (χ0v) is 10.5. The van der Waals surface area contributed by atoms with Gasteiger partial charge >= 0.3 is 6.61 Å². The SMILES string of the molecule is Fc1cc(NCC2CCCCN2)ccc1OC(F)F. The number of piperidine rings is 1. The van der Waals surface area contributed by atoms with Gasteiger partial charge in [-0.2, -0.15) is 8.78 Å². The Bertz CT molecular complexity index is 409. The fourth-order valence-corrected chi connectivity index (χ4v) is 2.14. The molecule has 0 amide bonds. The van der Waals surface area contributed by atoms with Crippen molar-refractivity contribution in [2.75, 3.05) is 18.4 Å². The Morgan fingerprint density at radius 2 is 2.21 bits per heavy atom. The van der Waals surface area contributed by atoms with Gasteiger partial charge in [-0.15, -0.1) is 0 Å². The Morgan fingerprint density at radius 1 is 1.37 bits per heavy atom. The highest BCUT2D eigenvalue weighted by molar-refractivity contribution is 5.47. The number of hydrogen-bond acceptors (Lipinski definition) is 3. The first-order chi connectivity index (χ1) is 9.15. The Kier molecular flexibility index (Phi) is 4.90. The van der Waals surface area contributed by atoms with Gasteiger partial charge in [0.2, 0.25) is 0 Å². The van der Waals surface area contributed by atoms with Crippen LogP contribution in [0.15, 0.2) is 18.2 Å². The summed E-state index contributed by atoms with van der Waals surface area (Å²) in [6.07, 6.45) is 3.46. The summed E-state index contributed by atoms with van der Waals surface area (Å²) in [5, 5.41) is 6.45. The molecule has 0 saturated carbocycles. The van der Waals surface area contributed by atoms with Gasteiger partial charge in [0.05, 0.1) is 0 Å². The highest BCUT2D eigenvalue weighted by atomic mass is 19.3. The predicted molar refractivity (Wildman–Crippen MR) is 67.2 cm³/mol. The monoisotopic (exact) mass is 274 g/mol. The third kappa shape index (κ3) is 4.31. The van der Waals surface area contributed by atoms with Crippen molar-refractivity contribution >= 4 is 5.69 Å². The molecule has 1 aliphatic heterocycles. The molecule has 0 bridgehead atoms. The molecule has 0 radical (unpaired) electrons. The van der Waals surface area contributed by atoms with E-state index in [-0.39, 0.29) is 0 Å². The molecule has 0 aromatic heterocycles. The number of ether oxygens (including phenoxy) is 1. The van der Waals surface area contributed by atoms with Crippen molar-refractivity contribution in [1.82, 2.24) is 5.32 Å². The summed E-state index contributed by atoms with van der Waals surface area (Å²) < 4.78 is 41.5. The lowest BCUT2D eigenvalue weighted by molar-refractivity contribution is -0.0521. The first kappa shape index (κ1) is 14.0. The average Bonchev–Trinajstić information content (AvgIpc) is 2.40. The lowest BCUT2D eigenvalue weighted by Gasteiger charge is -2.24. The van der Waals surface area contributed by atoms with Gasteiger partial charge in [0.25, 0.3) is 0 Å². The molecule has 1 heterocycles. The van der Waals surface area contributed by atoms with Crippen LogP contribution >= 0.6 is 0 Å². The maximum Gasteiger partial charge on any atom is 0.387 e. The van der Waals surface area contributed by atoms with Gasteiger partial charge in [0.15, 0.2) is 11.6 Å². The van der Waals surface area contributed by atoms with Crippen LogP contribution in [0.5, 0.6) is 5.75 Å². The number of rotatable bonds is 5. The molecule has 1 aliphatic rings. The second-order valence-corrected chi connectivity index (χ2v) is 4.55. The number of benzene rings is 1. The van der Waals surface area contributed by atoms with E-state index in [9.17, 15) is 13.2 Å². The van der Waals surface area contributed by atoms with E-state index in [1.54, 1.807) is 0 Å². The standard InChI is InChI=1S/C13H17F3N2O/c14-11-7-9(4-5-12(11)19-13(15)16)18-8-10-3-1-2-6-17-10/h4-5,7,10,13,17-18H,1-3,6,8H2. The Hall–Kier alpha value is -1.43. The van der Waals surface area contributed by atoms with Crippen LogP contribution in [0.3, 0.4) is 0 Å². The predicted octanol–water partition coefficient (Wildman–Crippen LogP) is 2.98. The fraction of sp³-hybridized carbons (Fsp3) is 0.538. The second-order valence-electron chi connectivity index (χ2n) is 4.55. The highest BCUT2D eigenvalue weighted by Crippen LogP contribution is 2.23. The minimum Gasteiger partial charge on any atom is -0.432 e. The van der Waals surface area contributed by atoms with Gasteiger partial charge in [-0.25, -0.2) is 4.39 Å². The summed E-state index contributed by atoms with van der Waals surface area (Å²) in [4.78, 5) is 0. The van der Waals surface area contributed by atoms with Crippen molar-refractivity contribution in [2.45, 2.75) is 31.9 Å². The summed E-state index contributed by atoms with van der Waals surface area (Å²) >= 11 is 0. The molecule has 1 saturated heterocycles. The lowest BCUT2D eigenvalue weighted by Crippen LogP contribution is -2.39. The quantitative estimate of drug-likeness (QED) is 0.866. The van der Waals surface area contributed by atoms with Crippen LogP contribution in [0.25, 0.3) is 0 Å². The van der Waals surface area contributed by atoms with Crippen LogP contribution in [0.2, 0.25) is 0 Å². The van der Waals surface area contributed by atoms with E-state index in [0.717, 1.165) is 13.0 Å². The lowest BCUT2D eigenvalue weighted by atomic mass is 10.1. The fourth-order valence-electron chi connectivity index (χ4n) is 2.14. The minimum absolute atomic E-state index is 0.369. The normalized spacial score (nSPS) is 19.5. The first-order valence-corrected chi connectivity index (χ1v) is 6.37. The average molecular weight is 274 g/mol. The van der Waals surface area contributed by atoms with E-state index in [1.165, 1.54) is 31.0 Å². The van der Waals surface area contributed by atoms with Crippen molar-refractivity contribution in [3.8, 4) is 5.75 Å². The molecule has 1 unspecified atom stereocenters. The highest BCUT2D eigenvalue weighted by Gasteiger charge is 2.13.